The summed E-state index contributed by atoms with van der Waals surface area (Å²) in [5.74, 6) is 0.282. The molecule has 0 aliphatic carbocycles. The second kappa shape index (κ2) is 2.43. The minimum absolute atomic E-state index is 0.282. The van der Waals surface area contributed by atoms with Crippen LogP contribution in [0.2, 0.25) is 0 Å². The summed E-state index contributed by atoms with van der Waals surface area (Å²) in [6, 6.07) is 4.96. The van der Waals surface area contributed by atoms with Gasteiger partial charge in [0, 0.05) is 5.69 Å². The van der Waals surface area contributed by atoms with Gasteiger partial charge >= 0.3 is 0 Å². The third kappa shape index (κ3) is 1.48. The van der Waals surface area contributed by atoms with Crippen molar-refractivity contribution in [3.63, 3.8) is 0 Å². The molecule has 0 fully saturated rings. The van der Waals surface area contributed by atoms with Crippen LogP contribution < -0.4 is 5.73 Å². The summed E-state index contributed by atoms with van der Waals surface area (Å²) in [6.07, 6.45) is 0. The number of aromatic hydroxyl groups is 1. The van der Waals surface area contributed by atoms with Crippen molar-refractivity contribution in [3.8, 4) is 5.75 Å². The normalized spacial score (nSPS) is 9.44. The third-order valence-corrected chi connectivity index (χ3v) is 1.84. The van der Waals surface area contributed by atoms with E-state index in [1.54, 1.807) is 18.2 Å². The number of nitrogens with two attached hydrogens (primary N) is 1. The van der Waals surface area contributed by atoms with Crippen LogP contribution in [0.25, 0.3) is 0 Å². The van der Waals surface area contributed by atoms with Crippen molar-refractivity contribution in [1.82, 2.24) is 0 Å². The molecule has 0 aromatic heterocycles. The summed E-state index contributed by atoms with van der Waals surface area (Å²) in [4.78, 5) is 0. The third-order valence-electron chi connectivity index (χ3n) is 0.972. The Morgan fingerprint density at radius 2 is 2.11 bits per heavy atom. The maximum absolute atomic E-state index is 8.98. The van der Waals surface area contributed by atoms with Crippen LogP contribution in [0.1, 0.15) is 0 Å². The lowest BCUT2D eigenvalue weighted by Crippen LogP contribution is -1.83. The average molecular weight is 235 g/mol. The number of phenols is 1. The van der Waals surface area contributed by atoms with E-state index in [2.05, 4.69) is 0 Å². The quantitative estimate of drug-likeness (QED) is 0.407. The second-order valence-electron chi connectivity index (χ2n) is 1.71. The summed E-state index contributed by atoms with van der Waals surface area (Å²) < 4.78 is 0.785. The fourth-order valence-electron chi connectivity index (χ4n) is 0.523. The van der Waals surface area contributed by atoms with Gasteiger partial charge in [-0.05, 0) is 40.8 Å². The molecule has 0 saturated carbocycles. The van der Waals surface area contributed by atoms with Gasteiger partial charge in [0.25, 0.3) is 0 Å². The molecule has 3 N–H and O–H groups in total. The molecule has 2 nitrogen and oxygen atoms in total. The number of phenolic OH excluding ortho intramolecular Hbond substituents is 1. The molecule has 0 aliphatic heterocycles. The van der Waals surface area contributed by atoms with E-state index in [0.717, 1.165) is 3.57 Å². The van der Waals surface area contributed by atoms with E-state index in [1.807, 2.05) is 22.6 Å². The number of anilines is 1. The first-order chi connectivity index (χ1) is 4.20. The van der Waals surface area contributed by atoms with E-state index >= 15 is 0 Å². The molecule has 0 spiro atoms. The number of hydrogen-bond donors (Lipinski definition) is 2. The molecule has 1 aromatic rings. The maximum atomic E-state index is 8.98. The Balaban J connectivity index is 3.17. The highest BCUT2D eigenvalue weighted by Crippen LogP contribution is 2.20. The van der Waals surface area contributed by atoms with Gasteiger partial charge in [-0.2, -0.15) is 0 Å². The molecule has 3 heteroatoms. The lowest BCUT2D eigenvalue weighted by atomic mass is 10.3. The molecule has 0 amide bonds. The molecule has 0 bridgehead atoms. The fourth-order valence-corrected chi connectivity index (χ4v) is 1.06. The molecule has 0 saturated heterocycles. The predicted molar refractivity (Wildman–Crippen MR) is 45.2 cm³/mol. The summed E-state index contributed by atoms with van der Waals surface area (Å²) in [7, 11) is 0. The highest BCUT2D eigenvalue weighted by molar-refractivity contribution is 14.1. The van der Waals surface area contributed by atoms with Crippen LogP contribution >= 0.6 is 22.6 Å². The summed E-state index contributed by atoms with van der Waals surface area (Å²) in [6.45, 7) is 0. The van der Waals surface area contributed by atoms with Gasteiger partial charge in [-0.25, -0.2) is 0 Å². The smallest absolute Gasteiger partial charge is 0.129 e. The van der Waals surface area contributed by atoms with E-state index in [4.69, 9.17) is 10.8 Å². The van der Waals surface area contributed by atoms with Crippen LogP contribution in [0, 0.1) is 3.57 Å². The standard InChI is InChI=1S/C6H6INO/c7-5-3-4(8)1-2-6(5)9/h1-3,9H,8H2. The molecule has 48 valence electrons. The largest absolute Gasteiger partial charge is 0.507 e. The Kier molecular flexibility index (Phi) is 1.80. The lowest BCUT2D eigenvalue weighted by Gasteiger charge is -1.95. The molecule has 9 heavy (non-hydrogen) atoms. The average Bonchev–Trinajstić information content (AvgIpc) is 1.80. The Hall–Kier alpha value is -0.450. The molecule has 1 aromatic carbocycles. The molecular formula is C6H6INO. The first-order valence-corrected chi connectivity index (χ1v) is 3.52. The number of rotatable bonds is 0. The maximum Gasteiger partial charge on any atom is 0.129 e. The van der Waals surface area contributed by atoms with Gasteiger partial charge in [0.15, 0.2) is 0 Å². The van der Waals surface area contributed by atoms with Crippen LogP contribution in [0.15, 0.2) is 18.2 Å². The van der Waals surface area contributed by atoms with Gasteiger partial charge in [0.1, 0.15) is 5.75 Å². The zero-order valence-corrected chi connectivity index (χ0v) is 6.79. The SMILES string of the molecule is Nc1ccc(O)c(I)c1. The molecule has 0 unspecified atom stereocenters. The van der Waals surface area contributed by atoms with Crippen molar-refractivity contribution in [2.24, 2.45) is 0 Å². The number of benzene rings is 1. The first kappa shape index (κ1) is 6.67. The van der Waals surface area contributed by atoms with Crippen molar-refractivity contribution >= 4 is 28.3 Å². The van der Waals surface area contributed by atoms with Gasteiger partial charge in [-0.1, -0.05) is 0 Å². The Labute approximate surface area is 66.8 Å². The number of nitrogen functional groups attached to an aromatic ring is 1. The zero-order chi connectivity index (χ0) is 6.85. The van der Waals surface area contributed by atoms with Crippen molar-refractivity contribution in [1.29, 1.82) is 0 Å². The minimum atomic E-state index is 0.282. The van der Waals surface area contributed by atoms with Gasteiger partial charge in [0.05, 0.1) is 3.57 Å². The summed E-state index contributed by atoms with van der Waals surface area (Å²) >= 11 is 2.02. The Bertz CT molecular complexity index is 224. The van der Waals surface area contributed by atoms with Crippen molar-refractivity contribution in [2.75, 3.05) is 5.73 Å². The van der Waals surface area contributed by atoms with E-state index in [1.165, 1.54) is 0 Å². The van der Waals surface area contributed by atoms with Crippen LogP contribution in [-0.4, -0.2) is 5.11 Å². The van der Waals surface area contributed by atoms with E-state index in [9.17, 15) is 0 Å². The lowest BCUT2D eigenvalue weighted by molar-refractivity contribution is 0.471. The van der Waals surface area contributed by atoms with Gasteiger partial charge < -0.3 is 10.8 Å². The molecule has 0 aliphatic rings. The van der Waals surface area contributed by atoms with Crippen LogP contribution in [0.5, 0.6) is 5.75 Å². The van der Waals surface area contributed by atoms with E-state index in [0.29, 0.717) is 5.69 Å². The Morgan fingerprint density at radius 3 is 2.56 bits per heavy atom. The second-order valence-corrected chi connectivity index (χ2v) is 2.87. The topological polar surface area (TPSA) is 46.2 Å². The van der Waals surface area contributed by atoms with Crippen molar-refractivity contribution in [2.45, 2.75) is 0 Å². The van der Waals surface area contributed by atoms with Crippen LogP contribution in [-0.2, 0) is 0 Å². The predicted octanol–water partition coefficient (Wildman–Crippen LogP) is 1.58. The molecular weight excluding hydrogens is 229 g/mol. The van der Waals surface area contributed by atoms with Gasteiger partial charge in [-0.3, -0.25) is 0 Å². The van der Waals surface area contributed by atoms with E-state index < -0.39 is 0 Å². The molecule has 0 atom stereocenters. The molecule has 1 rings (SSSR count). The highest BCUT2D eigenvalue weighted by atomic mass is 127. The minimum Gasteiger partial charge on any atom is -0.507 e. The molecule has 0 radical (unpaired) electrons. The van der Waals surface area contributed by atoms with Gasteiger partial charge in [0.2, 0.25) is 0 Å². The van der Waals surface area contributed by atoms with Crippen LogP contribution in [0.4, 0.5) is 5.69 Å². The fraction of sp³-hybridized carbons (Fsp3) is 0. The summed E-state index contributed by atoms with van der Waals surface area (Å²) in [5, 5.41) is 8.98. The number of hydrogen-bond acceptors (Lipinski definition) is 2. The molecule has 0 heterocycles. The van der Waals surface area contributed by atoms with Crippen molar-refractivity contribution in [3.05, 3.63) is 21.8 Å². The highest BCUT2D eigenvalue weighted by Gasteiger charge is 1.94. The van der Waals surface area contributed by atoms with Gasteiger partial charge in [-0.15, -0.1) is 0 Å². The zero-order valence-electron chi connectivity index (χ0n) is 4.63. The summed E-state index contributed by atoms with van der Waals surface area (Å²) in [5.41, 5.74) is 6.09. The number of halogens is 1. The van der Waals surface area contributed by atoms with Crippen molar-refractivity contribution < 1.29 is 5.11 Å². The Morgan fingerprint density at radius 1 is 1.44 bits per heavy atom. The van der Waals surface area contributed by atoms with Crippen LogP contribution in [0.3, 0.4) is 0 Å². The van der Waals surface area contributed by atoms with E-state index in [-0.39, 0.29) is 5.75 Å². The monoisotopic (exact) mass is 235 g/mol. The first-order valence-electron chi connectivity index (χ1n) is 2.44.